The van der Waals surface area contributed by atoms with Gasteiger partial charge >= 0.3 is 5.69 Å². The van der Waals surface area contributed by atoms with Crippen LogP contribution in [0.15, 0.2) is 49.2 Å². The standard InChI is InChI=1S/C22H22Br2N4O4/c1-5-13(4)21-26-18-7-6-15(23)10-16(18)22(29)27(21)25-11-14-8-17(24)20(32-12(2)3)19(9-14)28(30)31/h6-13H,5H2,1-4H3/t13-/m0/s1. The summed E-state index contributed by atoms with van der Waals surface area (Å²) in [6.07, 6.45) is 1.95. The summed E-state index contributed by atoms with van der Waals surface area (Å²) in [5.41, 5.74) is 0.533. The first-order chi connectivity index (χ1) is 15.1. The van der Waals surface area contributed by atoms with Crippen LogP contribution in [0.2, 0.25) is 0 Å². The van der Waals surface area contributed by atoms with Crippen LogP contribution in [0, 0.1) is 10.1 Å². The Balaban J connectivity index is 2.16. The molecule has 3 aromatic rings. The summed E-state index contributed by atoms with van der Waals surface area (Å²) in [6.45, 7) is 7.56. The molecular weight excluding hydrogens is 544 g/mol. The lowest BCUT2D eigenvalue weighted by molar-refractivity contribution is -0.386. The third-order valence-electron chi connectivity index (χ3n) is 4.81. The molecule has 0 saturated heterocycles. The largest absolute Gasteiger partial charge is 0.483 e. The Kier molecular flexibility index (Phi) is 7.45. The van der Waals surface area contributed by atoms with Gasteiger partial charge in [-0.1, -0.05) is 29.8 Å². The van der Waals surface area contributed by atoms with Crippen molar-refractivity contribution < 1.29 is 9.66 Å². The van der Waals surface area contributed by atoms with Gasteiger partial charge in [0.25, 0.3) is 5.56 Å². The number of halogens is 2. The van der Waals surface area contributed by atoms with E-state index in [2.05, 4.69) is 41.9 Å². The van der Waals surface area contributed by atoms with E-state index in [1.54, 1.807) is 32.0 Å². The van der Waals surface area contributed by atoms with Crippen molar-refractivity contribution in [2.75, 3.05) is 0 Å². The van der Waals surface area contributed by atoms with Gasteiger partial charge < -0.3 is 4.74 Å². The second-order valence-corrected chi connectivity index (χ2v) is 9.35. The molecule has 168 valence electrons. The topological polar surface area (TPSA) is 99.6 Å². The van der Waals surface area contributed by atoms with Crippen LogP contribution in [0.1, 0.15) is 51.4 Å². The van der Waals surface area contributed by atoms with E-state index in [9.17, 15) is 14.9 Å². The molecule has 1 atom stereocenters. The Morgan fingerprint density at radius 3 is 2.59 bits per heavy atom. The van der Waals surface area contributed by atoms with Crippen molar-refractivity contribution in [3.63, 3.8) is 0 Å². The molecule has 0 bridgehead atoms. The fourth-order valence-corrected chi connectivity index (χ4v) is 3.99. The summed E-state index contributed by atoms with van der Waals surface area (Å²) < 4.78 is 8.05. The Morgan fingerprint density at radius 2 is 1.97 bits per heavy atom. The predicted molar refractivity (Wildman–Crippen MR) is 132 cm³/mol. The molecule has 10 heteroatoms. The molecule has 0 amide bonds. The van der Waals surface area contributed by atoms with Gasteiger partial charge in [-0.2, -0.15) is 9.78 Å². The molecule has 2 aromatic carbocycles. The average Bonchev–Trinajstić information content (AvgIpc) is 2.73. The molecule has 0 radical (unpaired) electrons. The zero-order valence-corrected chi connectivity index (χ0v) is 21.2. The molecule has 0 aliphatic heterocycles. The number of fused-ring (bicyclic) bond motifs is 1. The second kappa shape index (κ2) is 9.91. The van der Waals surface area contributed by atoms with E-state index in [-0.39, 0.29) is 29.0 Å². The molecular formula is C22H22Br2N4O4. The number of benzene rings is 2. The number of aromatic nitrogens is 2. The fourth-order valence-electron chi connectivity index (χ4n) is 3.07. The minimum absolute atomic E-state index is 0.0178. The first-order valence-corrected chi connectivity index (χ1v) is 11.6. The Labute approximate surface area is 201 Å². The van der Waals surface area contributed by atoms with E-state index in [1.807, 2.05) is 19.9 Å². The minimum atomic E-state index is -0.508. The number of hydrogen-bond acceptors (Lipinski definition) is 6. The van der Waals surface area contributed by atoms with Gasteiger partial charge in [0.1, 0.15) is 5.82 Å². The lowest BCUT2D eigenvalue weighted by atomic mass is 10.1. The van der Waals surface area contributed by atoms with Gasteiger partial charge in [-0.25, -0.2) is 4.98 Å². The zero-order chi connectivity index (χ0) is 23.6. The van der Waals surface area contributed by atoms with E-state index < -0.39 is 4.92 Å². The summed E-state index contributed by atoms with van der Waals surface area (Å²) in [7, 11) is 0. The molecule has 1 aromatic heterocycles. The number of nitro benzene ring substituents is 1. The highest BCUT2D eigenvalue weighted by atomic mass is 79.9. The Bertz CT molecular complexity index is 1270. The third kappa shape index (κ3) is 5.07. The molecule has 32 heavy (non-hydrogen) atoms. The summed E-state index contributed by atoms with van der Waals surface area (Å²) in [6, 6.07) is 8.35. The predicted octanol–water partition coefficient (Wildman–Crippen LogP) is 6.01. The molecule has 0 aliphatic rings. The van der Waals surface area contributed by atoms with E-state index in [4.69, 9.17) is 4.74 Å². The highest BCUT2D eigenvalue weighted by molar-refractivity contribution is 9.10. The van der Waals surface area contributed by atoms with Gasteiger partial charge in [-0.3, -0.25) is 14.9 Å². The first kappa shape index (κ1) is 24.1. The lowest BCUT2D eigenvalue weighted by Gasteiger charge is -2.14. The van der Waals surface area contributed by atoms with Crippen LogP contribution in [-0.4, -0.2) is 26.9 Å². The summed E-state index contributed by atoms with van der Waals surface area (Å²) in [5.74, 6) is 0.657. The highest BCUT2D eigenvalue weighted by Crippen LogP contribution is 2.36. The molecule has 3 rings (SSSR count). The van der Waals surface area contributed by atoms with Gasteiger partial charge in [0.2, 0.25) is 5.75 Å². The monoisotopic (exact) mass is 564 g/mol. The first-order valence-electron chi connectivity index (χ1n) is 10.0. The minimum Gasteiger partial charge on any atom is -0.483 e. The smallest absolute Gasteiger partial charge is 0.312 e. The molecule has 0 N–H and O–H groups in total. The highest BCUT2D eigenvalue weighted by Gasteiger charge is 2.21. The van der Waals surface area contributed by atoms with Crippen molar-refractivity contribution >= 4 is 54.7 Å². The van der Waals surface area contributed by atoms with Crippen LogP contribution < -0.4 is 10.3 Å². The normalized spacial score (nSPS) is 12.6. The van der Waals surface area contributed by atoms with Crippen LogP contribution in [0.25, 0.3) is 10.9 Å². The van der Waals surface area contributed by atoms with Gasteiger partial charge in [-0.15, -0.1) is 0 Å². The van der Waals surface area contributed by atoms with Crippen molar-refractivity contribution in [3.8, 4) is 5.75 Å². The molecule has 0 saturated carbocycles. The maximum absolute atomic E-state index is 13.2. The van der Waals surface area contributed by atoms with Gasteiger partial charge in [-0.05, 0) is 60.5 Å². The number of hydrogen-bond donors (Lipinski definition) is 0. The number of nitrogens with zero attached hydrogens (tertiary/aromatic N) is 4. The number of ether oxygens (including phenoxy) is 1. The molecule has 0 spiro atoms. The Hall–Kier alpha value is -2.59. The van der Waals surface area contributed by atoms with Crippen LogP contribution in [-0.2, 0) is 0 Å². The van der Waals surface area contributed by atoms with E-state index in [0.717, 1.165) is 10.9 Å². The molecule has 8 nitrogen and oxygen atoms in total. The van der Waals surface area contributed by atoms with Crippen molar-refractivity contribution in [1.82, 2.24) is 9.66 Å². The van der Waals surface area contributed by atoms with Crippen molar-refractivity contribution in [2.45, 2.75) is 46.1 Å². The molecule has 0 unspecified atom stereocenters. The zero-order valence-electron chi connectivity index (χ0n) is 18.0. The maximum Gasteiger partial charge on any atom is 0.312 e. The SMILES string of the molecule is CC[C@H](C)c1nc2ccc(Br)cc2c(=O)n1N=Cc1cc(Br)c(OC(C)C)c([N+](=O)[O-])c1. The molecule has 0 fully saturated rings. The Morgan fingerprint density at radius 1 is 1.25 bits per heavy atom. The quantitative estimate of drug-likeness (QED) is 0.198. The average molecular weight is 566 g/mol. The summed E-state index contributed by atoms with van der Waals surface area (Å²) in [5, 5.41) is 16.4. The number of nitro groups is 1. The van der Waals surface area contributed by atoms with Crippen LogP contribution in [0.5, 0.6) is 5.75 Å². The van der Waals surface area contributed by atoms with Crippen LogP contribution >= 0.6 is 31.9 Å². The third-order valence-corrected chi connectivity index (χ3v) is 5.89. The fraction of sp³-hybridized carbons (Fsp3) is 0.318. The van der Waals surface area contributed by atoms with E-state index >= 15 is 0 Å². The van der Waals surface area contributed by atoms with Gasteiger partial charge in [0.05, 0.1) is 32.6 Å². The second-order valence-electron chi connectivity index (χ2n) is 7.58. The van der Waals surface area contributed by atoms with Crippen LogP contribution in [0.3, 0.4) is 0 Å². The molecule has 1 heterocycles. The van der Waals surface area contributed by atoms with Crippen LogP contribution in [0.4, 0.5) is 5.69 Å². The van der Waals surface area contributed by atoms with Gasteiger partial charge in [0.15, 0.2) is 0 Å². The van der Waals surface area contributed by atoms with Crippen molar-refractivity contribution in [1.29, 1.82) is 0 Å². The summed E-state index contributed by atoms with van der Waals surface area (Å²) in [4.78, 5) is 29.0. The number of rotatable bonds is 7. The summed E-state index contributed by atoms with van der Waals surface area (Å²) >= 11 is 6.73. The van der Waals surface area contributed by atoms with E-state index in [0.29, 0.717) is 26.8 Å². The maximum atomic E-state index is 13.2. The van der Waals surface area contributed by atoms with Gasteiger partial charge in [0, 0.05) is 22.0 Å². The molecule has 0 aliphatic carbocycles. The van der Waals surface area contributed by atoms with Crippen molar-refractivity contribution in [2.24, 2.45) is 5.10 Å². The lowest BCUT2D eigenvalue weighted by Crippen LogP contribution is -2.23. The van der Waals surface area contributed by atoms with E-state index in [1.165, 1.54) is 17.0 Å². The van der Waals surface area contributed by atoms with Crippen molar-refractivity contribution in [3.05, 3.63) is 71.1 Å².